The van der Waals surface area contributed by atoms with E-state index in [1.54, 1.807) is 0 Å². The molecule has 0 spiro atoms. The second-order valence-corrected chi connectivity index (χ2v) is 6.48. The van der Waals surface area contributed by atoms with Crippen LogP contribution in [0.4, 0.5) is 0 Å². The summed E-state index contributed by atoms with van der Waals surface area (Å²) in [5.74, 6) is 0.0567. The van der Waals surface area contributed by atoms with Gasteiger partial charge in [0.2, 0.25) is 0 Å². The largest absolute Gasteiger partial charge is 0.373 e. The molecule has 0 aromatic carbocycles. The molecular formula is C15H24N2O2S. The van der Waals surface area contributed by atoms with Crippen LogP contribution in [0.3, 0.4) is 0 Å². The summed E-state index contributed by atoms with van der Waals surface area (Å²) >= 11 is 1.51. The highest BCUT2D eigenvalue weighted by molar-refractivity contribution is 7.12. The average molecular weight is 296 g/mol. The predicted octanol–water partition coefficient (Wildman–Crippen LogP) is 2.29. The van der Waals surface area contributed by atoms with E-state index in [0.29, 0.717) is 12.2 Å². The van der Waals surface area contributed by atoms with E-state index in [0.717, 1.165) is 43.0 Å². The molecule has 20 heavy (non-hydrogen) atoms. The van der Waals surface area contributed by atoms with Crippen LogP contribution in [0.1, 0.15) is 35.5 Å². The number of thiophene rings is 1. The van der Waals surface area contributed by atoms with Crippen molar-refractivity contribution in [3.63, 3.8) is 0 Å². The van der Waals surface area contributed by atoms with Crippen molar-refractivity contribution < 1.29 is 9.53 Å². The molecule has 0 aliphatic carbocycles. The minimum atomic E-state index is 0.0567. The van der Waals surface area contributed by atoms with E-state index in [4.69, 9.17) is 4.74 Å². The maximum Gasteiger partial charge on any atom is 0.261 e. The Morgan fingerprint density at radius 1 is 1.45 bits per heavy atom. The first-order chi connectivity index (χ1) is 9.56. The van der Waals surface area contributed by atoms with Crippen LogP contribution in [0, 0.1) is 6.92 Å². The van der Waals surface area contributed by atoms with Crippen molar-refractivity contribution in [3.05, 3.63) is 21.9 Å². The lowest BCUT2D eigenvalue weighted by Gasteiger charge is -2.35. The van der Waals surface area contributed by atoms with Gasteiger partial charge in [0.15, 0.2) is 0 Å². The second kappa shape index (κ2) is 7.20. The summed E-state index contributed by atoms with van der Waals surface area (Å²) in [6.07, 6.45) is 1.60. The molecule has 2 atom stereocenters. The average Bonchev–Trinajstić information content (AvgIpc) is 2.79. The summed E-state index contributed by atoms with van der Waals surface area (Å²) in [4.78, 5) is 15.2. The zero-order valence-electron chi connectivity index (χ0n) is 12.5. The van der Waals surface area contributed by atoms with E-state index in [2.05, 4.69) is 24.1 Å². The highest BCUT2D eigenvalue weighted by atomic mass is 32.1. The molecule has 5 heteroatoms. The van der Waals surface area contributed by atoms with Crippen LogP contribution in [-0.2, 0) is 4.74 Å². The highest BCUT2D eigenvalue weighted by Gasteiger charge is 2.21. The molecule has 1 fully saturated rings. The van der Waals surface area contributed by atoms with Crippen molar-refractivity contribution in [3.8, 4) is 0 Å². The van der Waals surface area contributed by atoms with Crippen LogP contribution in [0.25, 0.3) is 0 Å². The number of aryl methyl sites for hydroxylation is 1. The fourth-order valence-electron chi connectivity index (χ4n) is 2.66. The zero-order valence-corrected chi connectivity index (χ0v) is 13.3. The van der Waals surface area contributed by atoms with Crippen molar-refractivity contribution in [1.82, 2.24) is 10.2 Å². The number of nitrogens with one attached hydrogen (secondary N) is 1. The van der Waals surface area contributed by atoms with Crippen LogP contribution in [-0.4, -0.2) is 49.2 Å². The molecule has 4 nitrogen and oxygen atoms in total. The Kier molecular flexibility index (Phi) is 5.57. The number of morpholine rings is 1. The van der Waals surface area contributed by atoms with E-state index in [1.807, 2.05) is 18.4 Å². The third-order valence-electron chi connectivity index (χ3n) is 3.50. The van der Waals surface area contributed by atoms with E-state index in [9.17, 15) is 4.79 Å². The van der Waals surface area contributed by atoms with Crippen LogP contribution in [0.5, 0.6) is 0 Å². The molecule has 1 N–H and O–H groups in total. The maximum atomic E-state index is 11.9. The Balaban J connectivity index is 1.66. The first kappa shape index (κ1) is 15.5. The molecular weight excluding hydrogens is 272 g/mol. The van der Waals surface area contributed by atoms with Crippen molar-refractivity contribution >= 4 is 17.2 Å². The van der Waals surface area contributed by atoms with Gasteiger partial charge in [0.05, 0.1) is 17.1 Å². The summed E-state index contributed by atoms with van der Waals surface area (Å²) in [5, 5.41) is 4.96. The second-order valence-electron chi connectivity index (χ2n) is 5.56. The van der Waals surface area contributed by atoms with Gasteiger partial charge in [0, 0.05) is 26.2 Å². The first-order valence-electron chi connectivity index (χ1n) is 7.26. The number of amides is 1. The van der Waals surface area contributed by atoms with Crippen molar-refractivity contribution in [2.75, 3.05) is 26.2 Å². The van der Waals surface area contributed by atoms with E-state index < -0.39 is 0 Å². The maximum absolute atomic E-state index is 11.9. The number of hydrogen-bond acceptors (Lipinski definition) is 4. The normalized spacial score (nSPS) is 23.8. The zero-order chi connectivity index (χ0) is 14.5. The van der Waals surface area contributed by atoms with Gasteiger partial charge in [-0.15, -0.1) is 11.3 Å². The van der Waals surface area contributed by atoms with Gasteiger partial charge in [-0.2, -0.15) is 0 Å². The monoisotopic (exact) mass is 296 g/mol. The highest BCUT2D eigenvalue weighted by Crippen LogP contribution is 2.15. The molecule has 1 saturated heterocycles. The van der Waals surface area contributed by atoms with Gasteiger partial charge in [-0.1, -0.05) is 0 Å². The van der Waals surface area contributed by atoms with Crippen LogP contribution in [0.15, 0.2) is 11.4 Å². The lowest BCUT2D eigenvalue weighted by molar-refractivity contribution is -0.0679. The summed E-state index contributed by atoms with van der Waals surface area (Å²) in [5.41, 5.74) is 1.06. The Morgan fingerprint density at radius 2 is 2.15 bits per heavy atom. The molecule has 1 aliphatic rings. The van der Waals surface area contributed by atoms with Gasteiger partial charge >= 0.3 is 0 Å². The van der Waals surface area contributed by atoms with Crippen LogP contribution < -0.4 is 5.32 Å². The number of hydrogen-bond donors (Lipinski definition) is 1. The van der Waals surface area contributed by atoms with Gasteiger partial charge in [0.1, 0.15) is 0 Å². The fraction of sp³-hybridized carbons (Fsp3) is 0.667. The summed E-state index contributed by atoms with van der Waals surface area (Å²) < 4.78 is 5.71. The van der Waals surface area contributed by atoms with E-state index in [-0.39, 0.29) is 5.91 Å². The smallest absolute Gasteiger partial charge is 0.261 e. The summed E-state index contributed by atoms with van der Waals surface area (Å²) in [6, 6.07) is 1.98. The molecule has 0 unspecified atom stereocenters. The van der Waals surface area contributed by atoms with E-state index >= 15 is 0 Å². The number of carbonyl (C=O) groups excluding carboxylic acids is 1. The van der Waals surface area contributed by atoms with Gasteiger partial charge in [0.25, 0.3) is 5.91 Å². The molecule has 1 aromatic heterocycles. The fourth-order valence-corrected chi connectivity index (χ4v) is 3.50. The quantitative estimate of drug-likeness (QED) is 0.848. The molecule has 0 radical (unpaired) electrons. The third-order valence-corrected chi connectivity index (χ3v) is 4.52. The Morgan fingerprint density at radius 3 is 2.75 bits per heavy atom. The lowest BCUT2D eigenvalue weighted by atomic mass is 10.2. The van der Waals surface area contributed by atoms with Crippen molar-refractivity contribution in [2.45, 2.75) is 39.4 Å². The van der Waals surface area contributed by atoms with E-state index in [1.165, 1.54) is 11.3 Å². The SMILES string of the molecule is Cc1ccsc1C(=O)NCCCN1C[C@@H](C)O[C@H](C)C1. The lowest BCUT2D eigenvalue weighted by Crippen LogP contribution is -2.46. The first-order valence-corrected chi connectivity index (χ1v) is 8.14. The molecule has 0 bridgehead atoms. The standard InChI is InChI=1S/C15H24N2O2S/c1-11-5-8-20-14(11)15(18)16-6-4-7-17-9-12(2)19-13(3)10-17/h5,8,12-13H,4,6-7,9-10H2,1-3H3,(H,16,18)/t12-,13-/m1/s1. The Hall–Kier alpha value is -0.910. The number of nitrogens with zero attached hydrogens (tertiary/aromatic N) is 1. The third kappa shape index (κ3) is 4.30. The topological polar surface area (TPSA) is 41.6 Å². The minimum Gasteiger partial charge on any atom is -0.373 e. The van der Waals surface area contributed by atoms with Crippen LogP contribution >= 0.6 is 11.3 Å². The Labute approximate surface area is 125 Å². The Bertz CT molecular complexity index is 437. The molecule has 0 saturated carbocycles. The molecule has 1 aliphatic heterocycles. The number of ether oxygens (including phenoxy) is 1. The summed E-state index contributed by atoms with van der Waals surface area (Å²) in [6.45, 7) is 9.93. The molecule has 112 valence electrons. The van der Waals surface area contributed by atoms with Gasteiger partial charge < -0.3 is 10.1 Å². The molecule has 2 heterocycles. The number of rotatable bonds is 5. The molecule has 1 aromatic rings. The summed E-state index contributed by atoms with van der Waals surface area (Å²) in [7, 11) is 0. The molecule has 1 amide bonds. The van der Waals surface area contributed by atoms with Gasteiger partial charge in [-0.05, 0) is 44.2 Å². The molecule has 2 rings (SSSR count). The van der Waals surface area contributed by atoms with Crippen molar-refractivity contribution in [2.24, 2.45) is 0 Å². The van der Waals surface area contributed by atoms with Gasteiger partial charge in [-0.3, -0.25) is 9.69 Å². The van der Waals surface area contributed by atoms with Gasteiger partial charge in [-0.25, -0.2) is 0 Å². The predicted molar refractivity (Wildman–Crippen MR) is 82.5 cm³/mol. The van der Waals surface area contributed by atoms with Crippen LogP contribution in [0.2, 0.25) is 0 Å². The number of carbonyl (C=O) groups is 1. The van der Waals surface area contributed by atoms with Crippen molar-refractivity contribution in [1.29, 1.82) is 0 Å². The minimum absolute atomic E-state index is 0.0567.